The molecule has 1 saturated heterocycles. The molecule has 4 rings (SSSR count). The molecule has 0 unspecified atom stereocenters. The van der Waals surface area contributed by atoms with Crippen molar-refractivity contribution >= 4 is 22.7 Å². The number of Topliss-reactive ketones (excluding diaryl/α,β-unsaturated/α-hetero) is 1. The first-order valence-electron chi connectivity index (χ1n) is 8.96. The van der Waals surface area contributed by atoms with Crippen LogP contribution in [0.4, 0.5) is 0 Å². The van der Waals surface area contributed by atoms with Gasteiger partial charge in [-0.3, -0.25) is 4.79 Å². The van der Waals surface area contributed by atoms with Crippen LogP contribution < -0.4 is 5.32 Å². The number of hydrogen-bond acceptors (Lipinski definition) is 3. The van der Waals surface area contributed by atoms with E-state index < -0.39 is 13.0 Å². The van der Waals surface area contributed by atoms with Crippen LogP contribution in [0, 0.1) is 0 Å². The maximum Gasteiger partial charge on any atom is 0.177 e. The first-order chi connectivity index (χ1) is 11.8. The van der Waals surface area contributed by atoms with Gasteiger partial charge in [0.15, 0.2) is 5.78 Å². The van der Waals surface area contributed by atoms with E-state index in [4.69, 9.17) is 5.48 Å². The summed E-state index contributed by atoms with van der Waals surface area (Å²) in [6, 6.07) is 9.58. The van der Waals surface area contributed by atoms with Crippen LogP contribution in [0.5, 0.6) is 0 Å². The van der Waals surface area contributed by atoms with Gasteiger partial charge in [-0.25, -0.2) is 0 Å². The minimum absolute atomic E-state index is 0.0630. The lowest BCUT2D eigenvalue weighted by Crippen LogP contribution is -2.24. The summed E-state index contributed by atoms with van der Waals surface area (Å²) in [6.07, 6.45) is 0.512. The molecular formula is C18H17NOS. The van der Waals surface area contributed by atoms with Crippen LogP contribution in [0.1, 0.15) is 44.7 Å². The molecule has 0 amide bonds. The number of carbonyl (C=O) groups excluding carboxylic acids is 1. The molecule has 1 aliphatic carbocycles. The van der Waals surface area contributed by atoms with E-state index in [1.165, 1.54) is 11.3 Å². The number of rotatable bonds is 0. The highest BCUT2D eigenvalue weighted by atomic mass is 32.1. The molecule has 1 N–H and O–H groups in total. The average Bonchev–Trinajstić information content (AvgIpc) is 2.91. The quantitative estimate of drug-likeness (QED) is 0.804. The van der Waals surface area contributed by atoms with Crippen molar-refractivity contribution in [2.24, 2.45) is 0 Å². The molecule has 0 bridgehead atoms. The number of fused-ring (bicyclic) bond motifs is 2. The van der Waals surface area contributed by atoms with Crippen LogP contribution in [-0.2, 0) is 6.42 Å². The normalized spacial score (nSPS) is 25.8. The van der Waals surface area contributed by atoms with Gasteiger partial charge >= 0.3 is 0 Å². The molecule has 1 aliphatic heterocycles. The van der Waals surface area contributed by atoms with Gasteiger partial charge in [-0.2, -0.15) is 0 Å². The third kappa shape index (κ3) is 2.17. The number of benzene rings is 1. The second-order valence-electron chi connectivity index (χ2n) is 5.23. The van der Waals surface area contributed by atoms with Gasteiger partial charge in [0.2, 0.25) is 0 Å². The molecule has 2 aliphatic rings. The van der Waals surface area contributed by atoms with E-state index in [-0.39, 0.29) is 18.6 Å². The van der Waals surface area contributed by atoms with Crippen molar-refractivity contribution in [1.29, 1.82) is 0 Å². The summed E-state index contributed by atoms with van der Waals surface area (Å²) in [5, 5.41) is 4.31. The van der Waals surface area contributed by atoms with Gasteiger partial charge in [0.1, 0.15) is 0 Å². The molecular weight excluding hydrogens is 278 g/mol. The zero-order valence-corrected chi connectivity index (χ0v) is 12.2. The van der Waals surface area contributed by atoms with E-state index in [0.717, 1.165) is 27.8 Å². The number of piperidine rings is 1. The predicted molar refractivity (Wildman–Crippen MR) is 86.9 cm³/mol. The van der Waals surface area contributed by atoms with E-state index in [0.29, 0.717) is 11.3 Å². The van der Waals surface area contributed by atoms with E-state index in [9.17, 15) is 4.79 Å². The first kappa shape index (κ1) is 9.34. The first-order valence-corrected chi connectivity index (χ1v) is 7.84. The van der Waals surface area contributed by atoms with E-state index in [1.807, 2.05) is 35.7 Å². The van der Waals surface area contributed by atoms with Crippen molar-refractivity contribution in [3.63, 3.8) is 0 Å². The fraction of sp³-hybridized carbons (Fsp3) is 0.278. The zero-order chi connectivity index (χ0) is 17.8. The van der Waals surface area contributed by atoms with Crippen LogP contribution in [0.3, 0.4) is 0 Å². The Kier molecular flexibility index (Phi) is 2.33. The second-order valence-corrected chi connectivity index (χ2v) is 6.15. The topological polar surface area (TPSA) is 29.1 Å². The minimum atomic E-state index is -1.83. The van der Waals surface area contributed by atoms with Crippen LogP contribution in [0.15, 0.2) is 41.3 Å². The molecule has 2 nitrogen and oxygen atoms in total. The Labute approximate surface area is 134 Å². The highest BCUT2D eigenvalue weighted by molar-refractivity contribution is 7.12. The van der Waals surface area contributed by atoms with Crippen LogP contribution in [0.25, 0.3) is 5.57 Å². The Morgan fingerprint density at radius 3 is 2.76 bits per heavy atom. The monoisotopic (exact) mass is 299 g/mol. The maximum absolute atomic E-state index is 12.6. The fourth-order valence-electron chi connectivity index (χ4n) is 3.02. The van der Waals surface area contributed by atoms with Crippen molar-refractivity contribution in [3.05, 3.63) is 62.9 Å². The molecule has 1 fully saturated rings. The molecule has 2 aromatic rings. The summed E-state index contributed by atoms with van der Waals surface area (Å²) < 4.78 is 32.3. The summed E-state index contributed by atoms with van der Waals surface area (Å²) in [6.45, 7) is -3.66. The number of hydrogen-bond donors (Lipinski definition) is 1. The standard InChI is InChI=1S/C18H17NOS/c20-16-11-13-3-1-2-4-14(13)17(12-5-8-19-9-6-12)15-7-10-21-18(15)16/h1-4,7,10,19H,5-6,8-9,11H2/i8D2,9D2. The van der Waals surface area contributed by atoms with Crippen LogP contribution >= 0.6 is 11.3 Å². The lowest BCUT2D eigenvalue weighted by molar-refractivity contribution is 0.0997. The van der Waals surface area contributed by atoms with Gasteiger partial charge in [0.05, 0.1) is 4.88 Å². The Morgan fingerprint density at radius 1 is 1.10 bits per heavy atom. The van der Waals surface area contributed by atoms with Gasteiger partial charge in [-0.05, 0) is 54.0 Å². The number of thiophene rings is 1. The maximum atomic E-state index is 12.6. The highest BCUT2D eigenvalue weighted by Gasteiger charge is 2.26. The number of carbonyl (C=O) groups is 1. The van der Waals surface area contributed by atoms with Gasteiger partial charge < -0.3 is 5.32 Å². The summed E-state index contributed by atoms with van der Waals surface area (Å²) in [5.74, 6) is 0.0630. The lowest BCUT2D eigenvalue weighted by atomic mass is 9.88. The molecule has 0 radical (unpaired) electrons. The SMILES string of the molecule is [2H]C1([2H])CC(=C2c3ccccc3CC(=O)c3sccc32)CC([2H])([2H])N1. The Bertz CT molecular complexity index is 882. The summed E-state index contributed by atoms with van der Waals surface area (Å²) in [7, 11) is 0. The van der Waals surface area contributed by atoms with Crippen molar-refractivity contribution in [3.8, 4) is 0 Å². The number of nitrogens with one attached hydrogen (secondary N) is 1. The third-order valence-corrected chi connectivity index (χ3v) is 4.91. The molecule has 21 heavy (non-hydrogen) atoms. The summed E-state index contributed by atoms with van der Waals surface area (Å²) >= 11 is 1.40. The third-order valence-electron chi connectivity index (χ3n) is 3.96. The lowest BCUT2D eigenvalue weighted by Gasteiger charge is -2.21. The van der Waals surface area contributed by atoms with Gasteiger partial charge in [-0.1, -0.05) is 29.8 Å². The molecule has 0 saturated carbocycles. The predicted octanol–water partition coefficient (Wildman–Crippen LogP) is 3.67. The summed E-state index contributed by atoms with van der Waals surface area (Å²) in [5.41, 5.74) is 4.18. The Balaban J connectivity index is 2.01. The molecule has 2 heterocycles. The molecule has 0 spiro atoms. The van der Waals surface area contributed by atoms with E-state index >= 15 is 0 Å². The molecule has 3 heteroatoms. The zero-order valence-electron chi connectivity index (χ0n) is 15.4. The van der Waals surface area contributed by atoms with Gasteiger partial charge in [0.25, 0.3) is 0 Å². The molecule has 106 valence electrons. The van der Waals surface area contributed by atoms with Crippen molar-refractivity contribution in [1.82, 2.24) is 5.32 Å². The molecule has 1 aromatic heterocycles. The smallest absolute Gasteiger partial charge is 0.177 e. The second kappa shape index (κ2) is 5.24. The average molecular weight is 299 g/mol. The fourth-order valence-corrected chi connectivity index (χ4v) is 3.86. The molecule has 0 atom stereocenters. The van der Waals surface area contributed by atoms with E-state index in [1.54, 1.807) is 0 Å². The van der Waals surface area contributed by atoms with E-state index in [2.05, 4.69) is 5.32 Å². The molecule has 1 aromatic carbocycles. The minimum Gasteiger partial charge on any atom is -0.316 e. The van der Waals surface area contributed by atoms with Crippen molar-refractivity contribution < 1.29 is 10.3 Å². The number of ketones is 1. The van der Waals surface area contributed by atoms with Crippen LogP contribution in [0.2, 0.25) is 0 Å². The summed E-state index contributed by atoms with van der Waals surface area (Å²) in [4.78, 5) is 13.3. The van der Waals surface area contributed by atoms with Crippen molar-refractivity contribution in [2.45, 2.75) is 19.3 Å². The van der Waals surface area contributed by atoms with Crippen molar-refractivity contribution in [2.75, 3.05) is 13.0 Å². The highest BCUT2D eigenvalue weighted by Crippen LogP contribution is 2.39. The van der Waals surface area contributed by atoms with Gasteiger partial charge in [0, 0.05) is 17.5 Å². The van der Waals surface area contributed by atoms with Gasteiger partial charge in [-0.15, -0.1) is 11.3 Å². The largest absolute Gasteiger partial charge is 0.316 e. The van der Waals surface area contributed by atoms with Crippen LogP contribution in [-0.4, -0.2) is 18.8 Å². The Hall–Kier alpha value is -1.71. The Morgan fingerprint density at radius 2 is 1.90 bits per heavy atom.